The van der Waals surface area contributed by atoms with Gasteiger partial charge in [0.1, 0.15) is 0 Å². The van der Waals surface area contributed by atoms with Crippen LogP contribution in [0.1, 0.15) is 0 Å². The lowest BCUT2D eigenvalue weighted by molar-refractivity contribution is -0.135. The van der Waals surface area contributed by atoms with Gasteiger partial charge in [0.25, 0.3) is 5.91 Å². The molecular formula is C13H11BrN2O3S. The molecule has 7 heteroatoms. The second kappa shape index (κ2) is 6.23. The zero-order valence-corrected chi connectivity index (χ0v) is 13.2. The van der Waals surface area contributed by atoms with Gasteiger partial charge in [0, 0.05) is 17.6 Å². The Kier molecular flexibility index (Phi) is 4.61. The molecule has 0 N–H and O–H groups in total. The molecule has 1 saturated heterocycles. The Labute approximate surface area is 128 Å². The minimum Gasteiger partial charge on any atom is -0.466 e. The maximum absolute atomic E-state index is 12.0. The van der Waals surface area contributed by atoms with Crippen LogP contribution in [0.3, 0.4) is 0 Å². The van der Waals surface area contributed by atoms with E-state index < -0.39 is 5.97 Å². The first-order valence-electron chi connectivity index (χ1n) is 5.61. The second-order valence-electron chi connectivity index (χ2n) is 3.87. The molecule has 0 saturated carbocycles. The Morgan fingerprint density at radius 1 is 1.40 bits per heavy atom. The molecule has 1 aliphatic heterocycles. The lowest BCUT2D eigenvalue weighted by atomic mass is 10.3. The molecule has 0 spiro atoms. The van der Waals surface area contributed by atoms with Crippen molar-refractivity contribution in [2.24, 2.45) is 4.99 Å². The van der Waals surface area contributed by atoms with Gasteiger partial charge in [0.05, 0.1) is 17.7 Å². The van der Waals surface area contributed by atoms with E-state index in [1.807, 2.05) is 24.3 Å². The maximum Gasteiger partial charge on any atom is 0.331 e. The summed E-state index contributed by atoms with van der Waals surface area (Å²) in [5, 5.41) is 0.521. The number of methoxy groups -OCH3 is 1. The second-order valence-corrected chi connectivity index (χ2v) is 5.79. The highest BCUT2D eigenvalue weighted by Gasteiger charge is 2.31. The van der Waals surface area contributed by atoms with E-state index in [4.69, 9.17) is 0 Å². The van der Waals surface area contributed by atoms with Crippen LogP contribution >= 0.6 is 27.7 Å². The van der Waals surface area contributed by atoms with Crippen molar-refractivity contribution in [3.63, 3.8) is 0 Å². The number of carbonyl (C=O) groups excluding carboxylic acids is 2. The number of aliphatic imine (C=N–C) groups is 1. The fraction of sp³-hybridized carbons (Fsp3) is 0.154. The van der Waals surface area contributed by atoms with Crippen molar-refractivity contribution in [2.45, 2.75) is 0 Å². The molecule has 104 valence electrons. The Bertz CT molecular complexity index is 611. The first-order valence-corrected chi connectivity index (χ1v) is 7.22. The van der Waals surface area contributed by atoms with Gasteiger partial charge in [-0.05, 0) is 36.0 Å². The van der Waals surface area contributed by atoms with Crippen LogP contribution in [0.4, 0.5) is 5.69 Å². The van der Waals surface area contributed by atoms with Crippen molar-refractivity contribution in [2.75, 3.05) is 14.2 Å². The number of thioether (sulfide) groups is 1. The zero-order chi connectivity index (χ0) is 14.7. The van der Waals surface area contributed by atoms with Crippen LogP contribution in [0.15, 0.2) is 44.7 Å². The highest BCUT2D eigenvalue weighted by molar-refractivity contribution is 9.10. The quantitative estimate of drug-likeness (QED) is 0.605. The molecular weight excluding hydrogens is 344 g/mol. The molecule has 1 aromatic rings. The lowest BCUT2D eigenvalue weighted by Gasteiger charge is -2.06. The fourth-order valence-electron chi connectivity index (χ4n) is 1.44. The van der Waals surface area contributed by atoms with Gasteiger partial charge in [-0.2, -0.15) is 0 Å². The Balaban J connectivity index is 2.26. The molecule has 1 aromatic carbocycles. The van der Waals surface area contributed by atoms with E-state index in [-0.39, 0.29) is 5.91 Å². The number of amides is 1. The smallest absolute Gasteiger partial charge is 0.331 e. The number of carbonyl (C=O) groups is 2. The average molecular weight is 355 g/mol. The molecule has 1 heterocycles. The van der Waals surface area contributed by atoms with E-state index in [0.717, 1.165) is 21.9 Å². The first-order chi connectivity index (χ1) is 9.51. The molecule has 20 heavy (non-hydrogen) atoms. The molecule has 0 atom stereocenters. The molecule has 1 aliphatic rings. The summed E-state index contributed by atoms with van der Waals surface area (Å²) in [5.74, 6) is -0.824. The number of ether oxygens (including phenoxy) is 1. The van der Waals surface area contributed by atoms with Crippen molar-refractivity contribution < 1.29 is 14.3 Å². The van der Waals surface area contributed by atoms with Crippen LogP contribution in [0, 0.1) is 0 Å². The van der Waals surface area contributed by atoms with Crippen molar-refractivity contribution in [1.82, 2.24) is 4.90 Å². The summed E-state index contributed by atoms with van der Waals surface area (Å²) in [5.41, 5.74) is 0.731. The van der Waals surface area contributed by atoms with E-state index in [2.05, 4.69) is 25.7 Å². The number of rotatable bonds is 2. The number of likely N-dealkylation sites (N-methyl/N-ethyl adjacent to an activating group) is 1. The number of nitrogens with zero attached hydrogens (tertiary/aromatic N) is 2. The third kappa shape index (κ3) is 3.29. The van der Waals surface area contributed by atoms with Crippen LogP contribution in [0.25, 0.3) is 0 Å². The largest absolute Gasteiger partial charge is 0.466 e. The highest BCUT2D eigenvalue weighted by atomic mass is 79.9. The summed E-state index contributed by atoms with van der Waals surface area (Å²) in [7, 11) is 2.88. The summed E-state index contributed by atoms with van der Waals surface area (Å²) >= 11 is 4.49. The van der Waals surface area contributed by atoms with Crippen molar-refractivity contribution in [3.8, 4) is 0 Å². The topological polar surface area (TPSA) is 59.0 Å². The number of hydrogen-bond acceptors (Lipinski definition) is 5. The van der Waals surface area contributed by atoms with Gasteiger partial charge in [-0.3, -0.25) is 9.69 Å². The van der Waals surface area contributed by atoms with Crippen molar-refractivity contribution in [1.29, 1.82) is 0 Å². The molecule has 0 radical (unpaired) electrons. The van der Waals surface area contributed by atoms with E-state index in [0.29, 0.717) is 10.1 Å². The van der Waals surface area contributed by atoms with Gasteiger partial charge in [-0.1, -0.05) is 15.9 Å². The summed E-state index contributed by atoms with van der Waals surface area (Å²) in [6.07, 6.45) is 1.17. The van der Waals surface area contributed by atoms with Crippen molar-refractivity contribution in [3.05, 3.63) is 39.7 Å². The van der Waals surface area contributed by atoms with Crippen LogP contribution in [-0.4, -0.2) is 36.1 Å². The summed E-state index contributed by atoms with van der Waals surface area (Å²) in [6, 6.07) is 7.40. The minimum atomic E-state index is -0.556. The molecule has 2 rings (SSSR count). The standard InChI is InChI=1S/C13H11BrN2O3S/c1-16-12(18)10(7-11(17)19-2)20-13(16)15-9-5-3-8(14)4-6-9/h3-7H,1-2H3/b10-7-,15-13?. The third-order valence-electron chi connectivity index (χ3n) is 2.51. The monoisotopic (exact) mass is 354 g/mol. The molecule has 0 aromatic heterocycles. The minimum absolute atomic E-state index is 0.267. The van der Waals surface area contributed by atoms with Crippen LogP contribution in [0.5, 0.6) is 0 Å². The average Bonchev–Trinajstić information content (AvgIpc) is 2.69. The SMILES string of the molecule is COC(=O)/C=C1\SC(=Nc2ccc(Br)cc2)N(C)C1=O. The number of halogens is 1. The Hall–Kier alpha value is -1.60. The van der Waals surface area contributed by atoms with Crippen LogP contribution in [-0.2, 0) is 14.3 Å². The molecule has 5 nitrogen and oxygen atoms in total. The summed E-state index contributed by atoms with van der Waals surface area (Å²) in [4.78, 5) is 29.2. The van der Waals surface area contributed by atoms with Crippen molar-refractivity contribution >= 4 is 50.4 Å². The predicted octanol–water partition coefficient (Wildman–Crippen LogP) is 2.70. The van der Waals surface area contributed by atoms with Gasteiger partial charge in [-0.15, -0.1) is 0 Å². The van der Waals surface area contributed by atoms with Gasteiger partial charge >= 0.3 is 5.97 Å². The molecule has 0 bridgehead atoms. The maximum atomic E-state index is 12.0. The van der Waals surface area contributed by atoms with Gasteiger partial charge < -0.3 is 4.74 Å². The molecule has 0 unspecified atom stereocenters. The number of benzene rings is 1. The highest BCUT2D eigenvalue weighted by Crippen LogP contribution is 2.31. The van der Waals surface area contributed by atoms with E-state index in [9.17, 15) is 9.59 Å². The Morgan fingerprint density at radius 2 is 2.05 bits per heavy atom. The number of hydrogen-bond donors (Lipinski definition) is 0. The third-order valence-corrected chi connectivity index (χ3v) is 4.09. The van der Waals surface area contributed by atoms with Gasteiger partial charge in [0.2, 0.25) is 0 Å². The lowest BCUT2D eigenvalue weighted by Crippen LogP contribution is -2.23. The summed E-state index contributed by atoms with van der Waals surface area (Å²) in [6.45, 7) is 0. The van der Waals surface area contributed by atoms with E-state index in [1.165, 1.54) is 18.1 Å². The first kappa shape index (κ1) is 14.8. The zero-order valence-electron chi connectivity index (χ0n) is 10.8. The molecule has 0 aliphatic carbocycles. The van der Waals surface area contributed by atoms with E-state index in [1.54, 1.807) is 7.05 Å². The molecule has 1 amide bonds. The number of esters is 1. The van der Waals surface area contributed by atoms with Gasteiger partial charge in [0.15, 0.2) is 5.17 Å². The van der Waals surface area contributed by atoms with Gasteiger partial charge in [-0.25, -0.2) is 9.79 Å². The van der Waals surface area contributed by atoms with E-state index >= 15 is 0 Å². The Morgan fingerprint density at radius 3 is 2.65 bits per heavy atom. The summed E-state index contributed by atoms with van der Waals surface area (Å²) < 4.78 is 5.47. The molecule has 1 fully saturated rings. The number of amidine groups is 1. The van der Waals surface area contributed by atoms with Crippen LogP contribution < -0.4 is 0 Å². The van der Waals surface area contributed by atoms with Crippen LogP contribution in [0.2, 0.25) is 0 Å². The predicted molar refractivity (Wildman–Crippen MR) is 81.7 cm³/mol. The normalized spacial score (nSPS) is 18.9. The fourth-order valence-corrected chi connectivity index (χ4v) is 2.65.